The number of nitrogens with zero attached hydrogens (tertiary/aromatic N) is 1. The molecule has 0 aliphatic carbocycles. The van der Waals surface area contributed by atoms with Crippen LogP contribution in [0.25, 0.3) is 0 Å². The maximum absolute atomic E-state index is 5.70. The molecule has 0 saturated heterocycles. The summed E-state index contributed by atoms with van der Waals surface area (Å²) in [4.78, 5) is 4.24. The average Bonchev–Trinajstić information content (AvgIpc) is 2.72. The van der Waals surface area contributed by atoms with Crippen LogP contribution in [0.5, 0.6) is 11.5 Å². The Morgan fingerprint density at radius 1 is 0.964 bits per heavy atom. The summed E-state index contributed by atoms with van der Waals surface area (Å²) in [5, 5.41) is 6.52. The highest BCUT2D eigenvalue weighted by Gasteiger charge is 2.06. The maximum Gasteiger partial charge on any atom is 0.195 e. The van der Waals surface area contributed by atoms with E-state index in [-0.39, 0.29) is 24.0 Å². The first-order valence-corrected chi connectivity index (χ1v) is 9.08. The number of benzene rings is 2. The SMILES string of the molecule is CN=C(NCCCOCCc1ccccc1)Nc1ccc(OC)c(OC)c1.I. The number of rotatable bonds is 10. The molecule has 2 aromatic carbocycles. The topological polar surface area (TPSA) is 64.1 Å². The van der Waals surface area contributed by atoms with Crippen molar-refractivity contribution in [2.24, 2.45) is 4.99 Å². The van der Waals surface area contributed by atoms with Crippen molar-refractivity contribution < 1.29 is 14.2 Å². The molecule has 2 aromatic rings. The number of hydrogen-bond donors (Lipinski definition) is 2. The lowest BCUT2D eigenvalue weighted by Crippen LogP contribution is -2.32. The van der Waals surface area contributed by atoms with E-state index in [4.69, 9.17) is 14.2 Å². The Bertz CT molecular complexity index is 711. The fraction of sp³-hybridized carbons (Fsp3) is 0.381. The zero-order valence-electron chi connectivity index (χ0n) is 16.7. The lowest BCUT2D eigenvalue weighted by Gasteiger charge is -2.14. The Labute approximate surface area is 184 Å². The van der Waals surface area contributed by atoms with E-state index in [1.807, 2.05) is 24.3 Å². The van der Waals surface area contributed by atoms with Crippen molar-refractivity contribution >= 4 is 35.6 Å². The van der Waals surface area contributed by atoms with Crippen LogP contribution in [0.2, 0.25) is 0 Å². The standard InChI is InChI=1S/C21H29N3O3.HI/c1-22-21(24-18-10-11-19(25-2)20(16-18)26-3)23-13-7-14-27-15-12-17-8-5-4-6-9-17;/h4-6,8-11,16H,7,12-15H2,1-3H3,(H2,22,23,24);1H. The minimum Gasteiger partial charge on any atom is -0.493 e. The number of guanidine groups is 1. The Hall–Kier alpha value is -2.00. The smallest absolute Gasteiger partial charge is 0.195 e. The van der Waals surface area contributed by atoms with E-state index in [0.29, 0.717) is 24.1 Å². The molecule has 0 radical (unpaired) electrons. The van der Waals surface area contributed by atoms with Gasteiger partial charge in [0.15, 0.2) is 17.5 Å². The molecule has 0 fully saturated rings. The first kappa shape index (κ1) is 24.0. The Kier molecular flexibility index (Phi) is 12.1. The van der Waals surface area contributed by atoms with E-state index in [2.05, 4.69) is 39.9 Å². The predicted octanol–water partition coefficient (Wildman–Crippen LogP) is 3.96. The summed E-state index contributed by atoms with van der Waals surface area (Å²) in [6.07, 6.45) is 1.85. The van der Waals surface area contributed by atoms with Gasteiger partial charge in [-0.2, -0.15) is 0 Å². The van der Waals surface area contributed by atoms with Crippen LogP contribution in [0.1, 0.15) is 12.0 Å². The Morgan fingerprint density at radius 3 is 2.39 bits per heavy atom. The molecule has 0 heterocycles. The second-order valence-electron chi connectivity index (χ2n) is 5.90. The van der Waals surface area contributed by atoms with Gasteiger partial charge in [-0.1, -0.05) is 30.3 Å². The molecule has 0 aliphatic rings. The van der Waals surface area contributed by atoms with Crippen LogP contribution < -0.4 is 20.1 Å². The minimum atomic E-state index is 0. The van der Waals surface area contributed by atoms with Gasteiger partial charge in [0.05, 0.1) is 20.8 Å². The van der Waals surface area contributed by atoms with Crippen LogP contribution in [0.3, 0.4) is 0 Å². The number of anilines is 1. The molecule has 28 heavy (non-hydrogen) atoms. The molecule has 0 bridgehead atoms. The van der Waals surface area contributed by atoms with Gasteiger partial charge in [-0.15, -0.1) is 24.0 Å². The molecule has 0 atom stereocenters. The monoisotopic (exact) mass is 499 g/mol. The summed E-state index contributed by atoms with van der Waals surface area (Å²) >= 11 is 0. The van der Waals surface area contributed by atoms with Crippen molar-refractivity contribution in [2.45, 2.75) is 12.8 Å². The average molecular weight is 499 g/mol. The van der Waals surface area contributed by atoms with Crippen LogP contribution in [-0.2, 0) is 11.2 Å². The molecule has 0 unspecified atom stereocenters. The summed E-state index contributed by atoms with van der Waals surface area (Å²) in [6, 6.07) is 16.0. The zero-order chi connectivity index (χ0) is 19.3. The van der Waals surface area contributed by atoms with E-state index < -0.39 is 0 Å². The predicted molar refractivity (Wildman–Crippen MR) is 126 cm³/mol. The van der Waals surface area contributed by atoms with E-state index >= 15 is 0 Å². The number of ether oxygens (including phenoxy) is 3. The summed E-state index contributed by atoms with van der Waals surface area (Å²) in [6.45, 7) is 2.23. The number of aliphatic imine (C=N–C) groups is 1. The van der Waals surface area contributed by atoms with E-state index in [1.54, 1.807) is 21.3 Å². The highest BCUT2D eigenvalue weighted by atomic mass is 127. The molecule has 7 heteroatoms. The molecule has 0 spiro atoms. The van der Waals surface area contributed by atoms with Crippen LogP contribution >= 0.6 is 24.0 Å². The third kappa shape index (κ3) is 8.35. The summed E-state index contributed by atoms with van der Waals surface area (Å²) < 4.78 is 16.3. The maximum atomic E-state index is 5.70. The van der Waals surface area contributed by atoms with E-state index in [9.17, 15) is 0 Å². The van der Waals surface area contributed by atoms with Gasteiger partial charge in [0.25, 0.3) is 0 Å². The summed E-state index contributed by atoms with van der Waals surface area (Å²) in [5.41, 5.74) is 2.18. The first-order chi connectivity index (χ1) is 13.3. The van der Waals surface area contributed by atoms with Gasteiger partial charge in [0, 0.05) is 32.0 Å². The highest BCUT2D eigenvalue weighted by molar-refractivity contribution is 14.0. The number of nitrogens with one attached hydrogen (secondary N) is 2. The third-order valence-electron chi connectivity index (χ3n) is 4.01. The van der Waals surface area contributed by atoms with Crippen molar-refractivity contribution in [2.75, 3.05) is 46.3 Å². The van der Waals surface area contributed by atoms with Crippen LogP contribution in [-0.4, -0.2) is 47.0 Å². The van der Waals surface area contributed by atoms with Gasteiger partial charge in [0.2, 0.25) is 0 Å². The van der Waals surface area contributed by atoms with Crippen molar-refractivity contribution in [3.05, 3.63) is 54.1 Å². The fourth-order valence-corrected chi connectivity index (χ4v) is 2.55. The van der Waals surface area contributed by atoms with Gasteiger partial charge < -0.3 is 24.8 Å². The Balaban J connectivity index is 0.00000392. The summed E-state index contributed by atoms with van der Waals surface area (Å²) in [7, 11) is 4.98. The molecule has 0 aliphatic heterocycles. The fourth-order valence-electron chi connectivity index (χ4n) is 2.55. The second kappa shape index (κ2) is 14.1. The quantitative estimate of drug-likeness (QED) is 0.224. The Morgan fingerprint density at radius 2 is 1.71 bits per heavy atom. The van der Waals surface area contributed by atoms with Crippen LogP contribution in [0.4, 0.5) is 5.69 Å². The zero-order valence-corrected chi connectivity index (χ0v) is 19.1. The lowest BCUT2D eigenvalue weighted by atomic mass is 10.2. The minimum absolute atomic E-state index is 0. The second-order valence-corrected chi connectivity index (χ2v) is 5.90. The molecule has 154 valence electrons. The molecular formula is C21H30IN3O3. The number of methoxy groups -OCH3 is 2. The summed E-state index contributed by atoms with van der Waals surface area (Å²) in [5.74, 6) is 2.06. The van der Waals surface area contributed by atoms with E-state index in [1.165, 1.54) is 5.56 Å². The molecule has 2 rings (SSSR count). The van der Waals surface area contributed by atoms with Gasteiger partial charge in [-0.3, -0.25) is 4.99 Å². The van der Waals surface area contributed by atoms with Crippen molar-refractivity contribution in [1.82, 2.24) is 5.32 Å². The van der Waals surface area contributed by atoms with Crippen molar-refractivity contribution in [1.29, 1.82) is 0 Å². The largest absolute Gasteiger partial charge is 0.493 e. The first-order valence-electron chi connectivity index (χ1n) is 9.08. The third-order valence-corrected chi connectivity index (χ3v) is 4.01. The normalized spacial score (nSPS) is 10.8. The van der Waals surface area contributed by atoms with Gasteiger partial charge in [-0.05, 0) is 30.5 Å². The van der Waals surface area contributed by atoms with Gasteiger partial charge >= 0.3 is 0 Å². The molecule has 6 nitrogen and oxygen atoms in total. The molecule has 0 amide bonds. The van der Waals surface area contributed by atoms with Gasteiger partial charge in [-0.25, -0.2) is 0 Å². The molecular weight excluding hydrogens is 469 g/mol. The molecule has 0 saturated carbocycles. The van der Waals surface area contributed by atoms with Crippen LogP contribution in [0.15, 0.2) is 53.5 Å². The molecule has 2 N–H and O–H groups in total. The number of hydrogen-bond acceptors (Lipinski definition) is 4. The highest BCUT2D eigenvalue weighted by Crippen LogP contribution is 2.29. The number of halogens is 1. The molecule has 0 aromatic heterocycles. The van der Waals surface area contributed by atoms with Crippen molar-refractivity contribution in [3.63, 3.8) is 0 Å². The van der Waals surface area contributed by atoms with Crippen LogP contribution in [0, 0.1) is 0 Å². The lowest BCUT2D eigenvalue weighted by molar-refractivity contribution is 0.135. The van der Waals surface area contributed by atoms with Crippen molar-refractivity contribution in [3.8, 4) is 11.5 Å². The van der Waals surface area contributed by atoms with E-state index in [0.717, 1.165) is 31.7 Å². The van der Waals surface area contributed by atoms with Gasteiger partial charge in [0.1, 0.15) is 0 Å².